The number of halogens is 2. The van der Waals surface area contributed by atoms with Crippen molar-refractivity contribution in [3.05, 3.63) is 29.8 Å². The fourth-order valence-corrected chi connectivity index (χ4v) is 2.70. The van der Waals surface area contributed by atoms with E-state index in [4.69, 9.17) is 5.11 Å². The molecule has 0 aliphatic carbocycles. The average Bonchev–Trinajstić information content (AvgIpc) is 2.31. The first-order chi connectivity index (χ1) is 8.75. The van der Waals surface area contributed by atoms with Gasteiger partial charge in [0.15, 0.2) is 0 Å². The smallest absolute Gasteiger partial charge is 0.303 e. The quantitative estimate of drug-likeness (QED) is 0.861. The Bertz CT molecular complexity index is 574. The first-order valence-electron chi connectivity index (χ1n) is 5.38. The van der Waals surface area contributed by atoms with Crippen LogP contribution in [0.5, 0.6) is 0 Å². The van der Waals surface area contributed by atoms with Gasteiger partial charge in [0.1, 0.15) is 16.5 Å². The van der Waals surface area contributed by atoms with Crippen molar-refractivity contribution < 1.29 is 27.1 Å². The summed E-state index contributed by atoms with van der Waals surface area (Å²) in [5.74, 6) is -2.96. The van der Waals surface area contributed by atoms with E-state index >= 15 is 0 Å². The van der Waals surface area contributed by atoms with Gasteiger partial charge < -0.3 is 5.11 Å². The molecule has 106 valence electrons. The number of aliphatic carboxylic acids is 1. The zero-order valence-corrected chi connectivity index (χ0v) is 11.0. The summed E-state index contributed by atoms with van der Waals surface area (Å²) in [5, 5.41) is 8.45. The molecule has 0 heterocycles. The van der Waals surface area contributed by atoms with Crippen molar-refractivity contribution in [3.63, 3.8) is 0 Å². The van der Waals surface area contributed by atoms with Gasteiger partial charge in [-0.2, -0.15) is 0 Å². The van der Waals surface area contributed by atoms with Gasteiger partial charge in [-0.1, -0.05) is 0 Å². The van der Waals surface area contributed by atoms with Crippen LogP contribution in [-0.4, -0.2) is 37.4 Å². The Labute approximate surface area is 109 Å². The van der Waals surface area contributed by atoms with E-state index in [1.807, 2.05) is 0 Å². The maximum Gasteiger partial charge on any atom is 0.303 e. The Morgan fingerprint density at radius 1 is 1.37 bits per heavy atom. The number of hydrogen-bond donors (Lipinski definition) is 1. The van der Waals surface area contributed by atoms with E-state index in [2.05, 4.69) is 0 Å². The number of carboxylic acids is 1. The summed E-state index contributed by atoms with van der Waals surface area (Å²) in [6.07, 6.45) is -0.118. The second-order valence-electron chi connectivity index (χ2n) is 3.90. The van der Waals surface area contributed by atoms with E-state index in [9.17, 15) is 22.0 Å². The lowest BCUT2D eigenvalue weighted by atomic mass is 10.3. The molecular formula is C11H13F2NO4S. The third kappa shape index (κ3) is 3.97. The standard InChI is InChI=1S/C11H13F2NO4S/c1-14(6-2-3-11(15)16)19(17,18)10-7-8(12)4-5-9(10)13/h4-5,7H,2-3,6H2,1H3,(H,15,16). The van der Waals surface area contributed by atoms with Crippen molar-refractivity contribution in [1.82, 2.24) is 4.31 Å². The highest BCUT2D eigenvalue weighted by atomic mass is 32.2. The summed E-state index contributed by atoms with van der Waals surface area (Å²) >= 11 is 0. The molecule has 5 nitrogen and oxygen atoms in total. The van der Waals surface area contributed by atoms with Gasteiger partial charge in [0.25, 0.3) is 0 Å². The Hall–Kier alpha value is -1.54. The summed E-state index contributed by atoms with van der Waals surface area (Å²) in [6, 6.07) is 2.14. The van der Waals surface area contributed by atoms with Crippen molar-refractivity contribution in [3.8, 4) is 0 Å². The van der Waals surface area contributed by atoms with E-state index in [-0.39, 0.29) is 19.4 Å². The van der Waals surface area contributed by atoms with E-state index < -0.39 is 32.5 Å². The van der Waals surface area contributed by atoms with Crippen LogP contribution >= 0.6 is 0 Å². The molecule has 19 heavy (non-hydrogen) atoms. The summed E-state index contributed by atoms with van der Waals surface area (Å²) in [5.41, 5.74) is 0. The van der Waals surface area contributed by atoms with Crippen LogP contribution < -0.4 is 0 Å². The lowest BCUT2D eigenvalue weighted by molar-refractivity contribution is -0.137. The first-order valence-corrected chi connectivity index (χ1v) is 6.82. The van der Waals surface area contributed by atoms with Crippen LogP contribution in [0.3, 0.4) is 0 Å². The topological polar surface area (TPSA) is 74.7 Å². The summed E-state index contributed by atoms with van der Waals surface area (Å²) in [6.45, 7) is -0.0927. The van der Waals surface area contributed by atoms with Crippen molar-refractivity contribution in [2.75, 3.05) is 13.6 Å². The van der Waals surface area contributed by atoms with Gasteiger partial charge in [-0.05, 0) is 24.6 Å². The van der Waals surface area contributed by atoms with Gasteiger partial charge in [-0.25, -0.2) is 21.5 Å². The minimum absolute atomic E-state index is 0.0853. The molecule has 0 aromatic heterocycles. The molecule has 0 bridgehead atoms. The number of rotatable bonds is 6. The van der Waals surface area contributed by atoms with Crippen molar-refractivity contribution in [2.45, 2.75) is 17.7 Å². The molecule has 1 aromatic rings. The number of sulfonamides is 1. The van der Waals surface area contributed by atoms with Crippen molar-refractivity contribution in [1.29, 1.82) is 0 Å². The highest BCUT2D eigenvalue weighted by molar-refractivity contribution is 7.89. The zero-order chi connectivity index (χ0) is 14.6. The Kier molecular flexibility index (Phi) is 4.96. The van der Waals surface area contributed by atoms with Crippen LogP contribution in [0.2, 0.25) is 0 Å². The molecule has 0 amide bonds. The SMILES string of the molecule is CN(CCCC(=O)O)S(=O)(=O)c1cc(F)ccc1F. The number of nitrogens with zero attached hydrogens (tertiary/aromatic N) is 1. The molecule has 0 saturated carbocycles. The van der Waals surface area contributed by atoms with Crippen molar-refractivity contribution in [2.24, 2.45) is 0 Å². The van der Waals surface area contributed by atoms with E-state index in [1.165, 1.54) is 7.05 Å². The predicted molar refractivity (Wildman–Crippen MR) is 63.0 cm³/mol. The molecule has 0 saturated heterocycles. The highest BCUT2D eigenvalue weighted by Gasteiger charge is 2.24. The van der Waals surface area contributed by atoms with E-state index in [0.717, 1.165) is 16.4 Å². The molecule has 1 rings (SSSR count). The second-order valence-corrected chi connectivity index (χ2v) is 5.91. The molecule has 0 fully saturated rings. The lowest BCUT2D eigenvalue weighted by Crippen LogP contribution is -2.29. The largest absolute Gasteiger partial charge is 0.481 e. The summed E-state index contributed by atoms with van der Waals surface area (Å²) in [7, 11) is -2.98. The molecule has 1 aromatic carbocycles. The third-order valence-electron chi connectivity index (χ3n) is 2.45. The Morgan fingerprint density at radius 2 is 2.00 bits per heavy atom. The fraction of sp³-hybridized carbons (Fsp3) is 0.364. The van der Waals surface area contributed by atoms with Gasteiger partial charge >= 0.3 is 5.97 Å². The monoisotopic (exact) mass is 293 g/mol. The van der Waals surface area contributed by atoms with Crippen LogP contribution in [0.4, 0.5) is 8.78 Å². The minimum Gasteiger partial charge on any atom is -0.481 e. The van der Waals surface area contributed by atoms with Gasteiger partial charge in [0.2, 0.25) is 10.0 Å². The highest BCUT2D eigenvalue weighted by Crippen LogP contribution is 2.19. The maximum atomic E-state index is 13.4. The average molecular weight is 293 g/mol. The minimum atomic E-state index is -4.16. The number of carbonyl (C=O) groups is 1. The second kappa shape index (κ2) is 6.07. The molecule has 8 heteroatoms. The predicted octanol–water partition coefficient (Wildman–Crippen LogP) is 1.45. The number of benzene rings is 1. The number of carboxylic acid groups (broad SMARTS) is 1. The van der Waals surface area contributed by atoms with Crippen LogP contribution in [0.25, 0.3) is 0 Å². The van der Waals surface area contributed by atoms with Gasteiger partial charge in [0, 0.05) is 20.0 Å². The molecule has 0 unspecified atom stereocenters. The summed E-state index contributed by atoms with van der Waals surface area (Å²) < 4.78 is 51.1. The number of hydrogen-bond acceptors (Lipinski definition) is 3. The van der Waals surface area contributed by atoms with Gasteiger partial charge in [0.05, 0.1) is 0 Å². The molecule has 0 atom stereocenters. The maximum absolute atomic E-state index is 13.4. The van der Waals surface area contributed by atoms with Crippen molar-refractivity contribution >= 4 is 16.0 Å². The Morgan fingerprint density at radius 3 is 2.58 bits per heavy atom. The third-order valence-corrected chi connectivity index (χ3v) is 4.32. The van der Waals surface area contributed by atoms with Gasteiger partial charge in [-0.3, -0.25) is 4.79 Å². The van der Waals surface area contributed by atoms with Crippen LogP contribution in [0.15, 0.2) is 23.1 Å². The molecule has 0 aliphatic rings. The molecule has 0 spiro atoms. The Balaban J connectivity index is 2.90. The van der Waals surface area contributed by atoms with Crippen LogP contribution in [-0.2, 0) is 14.8 Å². The normalized spacial score (nSPS) is 11.8. The van der Waals surface area contributed by atoms with E-state index in [0.29, 0.717) is 6.07 Å². The first kappa shape index (κ1) is 15.5. The fourth-order valence-electron chi connectivity index (χ4n) is 1.42. The zero-order valence-electron chi connectivity index (χ0n) is 10.1. The van der Waals surface area contributed by atoms with Crippen LogP contribution in [0, 0.1) is 11.6 Å². The molecular weight excluding hydrogens is 280 g/mol. The van der Waals surface area contributed by atoms with Gasteiger partial charge in [-0.15, -0.1) is 0 Å². The lowest BCUT2D eigenvalue weighted by Gasteiger charge is -2.17. The molecule has 0 radical (unpaired) electrons. The van der Waals surface area contributed by atoms with Crippen LogP contribution in [0.1, 0.15) is 12.8 Å². The summed E-state index contributed by atoms with van der Waals surface area (Å²) in [4.78, 5) is 9.56. The molecule has 1 N–H and O–H groups in total. The molecule has 0 aliphatic heterocycles. The van der Waals surface area contributed by atoms with E-state index in [1.54, 1.807) is 0 Å².